The van der Waals surface area contributed by atoms with Gasteiger partial charge < -0.3 is 9.47 Å². The first kappa shape index (κ1) is 12.9. The van der Waals surface area contributed by atoms with Crippen molar-refractivity contribution in [2.75, 3.05) is 13.2 Å². The van der Waals surface area contributed by atoms with Gasteiger partial charge in [-0.25, -0.2) is 0 Å². The molecule has 2 aromatic rings. The molecule has 0 fully saturated rings. The molecule has 19 heavy (non-hydrogen) atoms. The average molecular weight is 337 g/mol. The molecule has 0 spiro atoms. The van der Waals surface area contributed by atoms with Crippen molar-refractivity contribution in [1.29, 1.82) is 0 Å². The number of benzene rings is 2. The minimum Gasteiger partial charge on any atom is -0.486 e. The van der Waals surface area contributed by atoms with Gasteiger partial charge in [-0.1, -0.05) is 28.1 Å². The molecule has 1 aliphatic heterocycles. The van der Waals surface area contributed by atoms with Gasteiger partial charge in [0, 0.05) is 15.1 Å². The minimum atomic E-state index is 0.633. The van der Waals surface area contributed by atoms with Crippen molar-refractivity contribution in [2.24, 2.45) is 0 Å². The van der Waals surface area contributed by atoms with Crippen molar-refractivity contribution < 1.29 is 9.47 Å². The maximum Gasteiger partial charge on any atom is 0.162 e. The van der Waals surface area contributed by atoms with Gasteiger partial charge in [0.15, 0.2) is 11.5 Å². The Morgan fingerprint density at radius 3 is 2.47 bits per heavy atom. The molecule has 4 heteroatoms. The van der Waals surface area contributed by atoms with Gasteiger partial charge in [0.1, 0.15) is 13.2 Å². The van der Waals surface area contributed by atoms with Crippen LogP contribution in [0.3, 0.4) is 0 Å². The number of fused-ring (bicyclic) bond motifs is 1. The van der Waals surface area contributed by atoms with E-state index < -0.39 is 0 Å². The Labute approximate surface area is 125 Å². The van der Waals surface area contributed by atoms with Crippen LogP contribution in [0.4, 0.5) is 0 Å². The Morgan fingerprint density at radius 1 is 0.947 bits per heavy atom. The summed E-state index contributed by atoms with van der Waals surface area (Å²) in [5, 5.41) is 0. The summed E-state index contributed by atoms with van der Waals surface area (Å²) < 4.78 is 12.2. The second-order valence-corrected chi connectivity index (χ2v) is 6.19. The fraction of sp³-hybridized carbons (Fsp3) is 0.200. The number of halogens is 1. The topological polar surface area (TPSA) is 18.5 Å². The third kappa shape index (κ3) is 3.25. The first-order valence-electron chi connectivity index (χ1n) is 6.08. The Kier molecular flexibility index (Phi) is 3.99. The Bertz CT molecular complexity index is 569. The van der Waals surface area contributed by atoms with E-state index in [1.165, 1.54) is 10.5 Å². The SMILES string of the molecule is Brc1ccc(CSc2ccc3c(c2)OCCO3)cc1. The van der Waals surface area contributed by atoms with Crippen LogP contribution >= 0.6 is 27.7 Å². The summed E-state index contributed by atoms with van der Waals surface area (Å²) in [5.74, 6) is 2.65. The summed E-state index contributed by atoms with van der Waals surface area (Å²) in [6, 6.07) is 14.5. The van der Waals surface area contributed by atoms with Gasteiger partial charge in [-0.05, 0) is 35.9 Å². The van der Waals surface area contributed by atoms with Crippen molar-refractivity contribution in [1.82, 2.24) is 0 Å². The first-order chi connectivity index (χ1) is 9.31. The van der Waals surface area contributed by atoms with Crippen LogP contribution in [0.15, 0.2) is 51.8 Å². The van der Waals surface area contributed by atoms with Crippen LogP contribution in [0.25, 0.3) is 0 Å². The quantitative estimate of drug-likeness (QED) is 0.768. The molecule has 0 N–H and O–H groups in total. The van der Waals surface area contributed by atoms with Gasteiger partial charge in [-0.3, -0.25) is 0 Å². The van der Waals surface area contributed by atoms with Gasteiger partial charge in [0.05, 0.1) is 0 Å². The summed E-state index contributed by atoms with van der Waals surface area (Å²) in [5.41, 5.74) is 1.31. The zero-order chi connectivity index (χ0) is 13.1. The minimum absolute atomic E-state index is 0.633. The van der Waals surface area contributed by atoms with Crippen molar-refractivity contribution in [3.05, 3.63) is 52.5 Å². The van der Waals surface area contributed by atoms with Crippen molar-refractivity contribution in [3.63, 3.8) is 0 Å². The number of hydrogen-bond acceptors (Lipinski definition) is 3. The number of rotatable bonds is 3. The van der Waals surface area contributed by atoms with E-state index in [0.29, 0.717) is 13.2 Å². The molecule has 0 amide bonds. The number of thioether (sulfide) groups is 1. The molecular weight excluding hydrogens is 324 g/mol. The highest BCUT2D eigenvalue weighted by molar-refractivity contribution is 9.10. The molecule has 2 nitrogen and oxygen atoms in total. The third-order valence-corrected chi connectivity index (χ3v) is 4.43. The molecule has 2 aromatic carbocycles. The highest BCUT2D eigenvalue weighted by Crippen LogP contribution is 2.35. The van der Waals surface area contributed by atoms with Gasteiger partial charge >= 0.3 is 0 Å². The Morgan fingerprint density at radius 2 is 1.68 bits per heavy atom. The number of hydrogen-bond donors (Lipinski definition) is 0. The predicted molar refractivity (Wildman–Crippen MR) is 81.1 cm³/mol. The van der Waals surface area contributed by atoms with Crippen LogP contribution in [0.1, 0.15) is 5.56 Å². The van der Waals surface area contributed by atoms with E-state index in [9.17, 15) is 0 Å². The van der Waals surface area contributed by atoms with E-state index in [1.54, 1.807) is 11.8 Å². The van der Waals surface area contributed by atoms with Crippen LogP contribution in [-0.2, 0) is 5.75 Å². The van der Waals surface area contributed by atoms with E-state index in [2.05, 4.69) is 52.3 Å². The lowest BCUT2D eigenvalue weighted by Gasteiger charge is -2.18. The van der Waals surface area contributed by atoms with E-state index in [-0.39, 0.29) is 0 Å². The van der Waals surface area contributed by atoms with E-state index in [0.717, 1.165) is 21.7 Å². The molecule has 1 aliphatic rings. The van der Waals surface area contributed by atoms with Gasteiger partial charge in [-0.2, -0.15) is 0 Å². The average Bonchev–Trinajstić information content (AvgIpc) is 2.46. The van der Waals surface area contributed by atoms with Crippen LogP contribution in [-0.4, -0.2) is 13.2 Å². The van der Waals surface area contributed by atoms with Crippen LogP contribution in [0.2, 0.25) is 0 Å². The maximum atomic E-state index is 5.59. The molecule has 0 atom stereocenters. The fourth-order valence-corrected chi connectivity index (χ4v) is 3.01. The molecule has 1 heterocycles. The van der Waals surface area contributed by atoms with Crippen LogP contribution < -0.4 is 9.47 Å². The summed E-state index contributed by atoms with van der Waals surface area (Å²) in [4.78, 5) is 1.20. The highest BCUT2D eigenvalue weighted by Gasteiger charge is 2.11. The molecule has 0 saturated carbocycles. The van der Waals surface area contributed by atoms with Crippen molar-refractivity contribution in [2.45, 2.75) is 10.6 Å². The molecule has 0 bridgehead atoms. The zero-order valence-electron chi connectivity index (χ0n) is 10.3. The fourth-order valence-electron chi connectivity index (χ4n) is 1.86. The van der Waals surface area contributed by atoms with Crippen molar-refractivity contribution in [3.8, 4) is 11.5 Å². The molecule has 0 aliphatic carbocycles. The lowest BCUT2D eigenvalue weighted by atomic mass is 10.2. The first-order valence-corrected chi connectivity index (χ1v) is 7.86. The Balaban J connectivity index is 1.68. The zero-order valence-corrected chi connectivity index (χ0v) is 12.7. The molecule has 98 valence electrons. The molecule has 0 radical (unpaired) electrons. The third-order valence-electron chi connectivity index (χ3n) is 2.83. The van der Waals surface area contributed by atoms with Gasteiger partial charge in [0.25, 0.3) is 0 Å². The van der Waals surface area contributed by atoms with Crippen molar-refractivity contribution >= 4 is 27.7 Å². The number of ether oxygens (including phenoxy) is 2. The van der Waals surface area contributed by atoms with Crippen LogP contribution in [0, 0.1) is 0 Å². The molecule has 3 rings (SSSR count). The standard InChI is InChI=1S/C15H13BrO2S/c16-12-3-1-11(2-4-12)10-19-13-5-6-14-15(9-13)18-8-7-17-14/h1-6,9H,7-8,10H2. The van der Waals surface area contributed by atoms with E-state index >= 15 is 0 Å². The molecule has 0 aromatic heterocycles. The van der Waals surface area contributed by atoms with E-state index in [1.807, 2.05) is 6.07 Å². The maximum absolute atomic E-state index is 5.59. The van der Waals surface area contributed by atoms with Gasteiger partial charge in [0.2, 0.25) is 0 Å². The lowest BCUT2D eigenvalue weighted by Crippen LogP contribution is -2.15. The summed E-state index contributed by atoms with van der Waals surface area (Å²) >= 11 is 5.25. The summed E-state index contributed by atoms with van der Waals surface area (Å²) in [7, 11) is 0. The Hall–Kier alpha value is -1.13. The summed E-state index contributed by atoms with van der Waals surface area (Å²) in [6.45, 7) is 1.27. The monoisotopic (exact) mass is 336 g/mol. The normalized spacial score (nSPS) is 13.3. The molecule has 0 unspecified atom stereocenters. The van der Waals surface area contributed by atoms with Gasteiger partial charge in [-0.15, -0.1) is 11.8 Å². The second kappa shape index (κ2) is 5.88. The molecule has 0 saturated heterocycles. The van der Waals surface area contributed by atoms with E-state index in [4.69, 9.17) is 9.47 Å². The predicted octanol–water partition coefficient (Wildman–Crippen LogP) is 4.51. The molecular formula is C15H13BrO2S. The van der Waals surface area contributed by atoms with Crippen LogP contribution in [0.5, 0.6) is 11.5 Å². The largest absolute Gasteiger partial charge is 0.486 e. The lowest BCUT2D eigenvalue weighted by molar-refractivity contribution is 0.171. The second-order valence-electron chi connectivity index (χ2n) is 4.22. The summed E-state index contributed by atoms with van der Waals surface area (Å²) in [6.07, 6.45) is 0. The smallest absolute Gasteiger partial charge is 0.162 e. The highest BCUT2D eigenvalue weighted by atomic mass is 79.9.